The van der Waals surface area contributed by atoms with Crippen molar-refractivity contribution in [2.45, 2.75) is 25.3 Å². The molecule has 4 nitrogen and oxygen atoms in total. The SMILES string of the molecule is N#CC1CCCC1N1CCOC1=O. The van der Waals surface area contributed by atoms with Gasteiger partial charge < -0.3 is 9.64 Å². The Bertz CT molecular complexity index is 259. The van der Waals surface area contributed by atoms with Crippen molar-refractivity contribution < 1.29 is 9.53 Å². The Hall–Kier alpha value is -1.24. The minimum atomic E-state index is -0.243. The molecule has 0 bridgehead atoms. The molecule has 0 aromatic carbocycles. The second kappa shape index (κ2) is 3.25. The van der Waals surface area contributed by atoms with Gasteiger partial charge in [-0.1, -0.05) is 0 Å². The van der Waals surface area contributed by atoms with E-state index in [-0.39, 0.29) is 18.1 Å². The molecule has 0 radical (unpaired) electrons. The fourth-order valence-electron chi connectivity index (χ4n) is 2.17. The molecular weight excluding hydrogens is 168 g/mol. The highest BCUT2D eigenvalue weighted by Gasteiger charge is 2.37. The van der Waals surface area contributed by atoms with Gasteiger partial charge in [0.2, 0.25) is 0 Å². The van der Waals surface area contributed by atoms with E-state index in [0.717, 1.165) is 19.3 Å². The topological polar surface area (TPSA) is 53.3 Å². The highest BCUT2D eigenvalue weighted by molar-refractivity contribution is 5.69. The van der Waals surface area contributed by atoms with Crippen molar-refractivity contribution in [3.8, 4) is 6.07 Å². The molecule has 0 N–H and O–H groups in total. The van der Waals surface area contributed by atoms with E-state index in [1.165, 1.54) is 0 Å². The van der Waals surface area contributed by atoms with Crippen molar-refractivity contribution in [1.82, 2.24) is 4.90 Å². The third-order valence-corrected chi connectivity index (χ3v) is 2.84. The summed E-state index contributed by atoms with van der Waals surface area (Å²) >= 11 is 0. The number of nitrogens with zero attached hydrogens (tertiary/aromatic N) is 2. The molecule has 2 rings (SSSR count). The van der Waals surface area contributed by atoms with Crippen LogP contribution in [0.15, 0.2) is 0 Å². The van der Waals surface area contributed by atoms with Crippen molar-refractivity contribution in [2.75, 3.05) is 13.2 Å². The van der Waals surface area contributed by atoms with Crippen LogP contribution in [0.25, 0.3) is 0 Å². The highest BCUT2D eigenvalue weighted by Crippen LogP contribution is 2.30. The number of ether oxygens (including phenoxy) is 1. The molecule has 1 aliphatic carbocycles. The zero-order valence-corrected chi connectivity index (χ0v) is 7.40. The maximum atomic E-state index is 11.2. The van der Waals surface area contributed by atoms with Crippen LogP contribution in [-0.4, -0.2) is 30.2 Å². The lowest BCUT2D eigenvalue weighted by Gasteiger charge is -2.23. The fraction of sp³-hybridized carbons (Fsp3) is 0.778. The Morgan fingerprint density at radius 1 is 1.54 bits per heavy atom. The van der Waals surface area contributed by atoms with Gasteiger partial charge in [-0.3, -0.25) is 0 Å². The van der Waals surface area contributed by atoms with E-state index in [0.29, 0.717) is 13.2 Å². The summed E-state index contributed by atoms with van der Waals surface area (Å²) < 4.78 is 4.85. The van der Waals surface area contributed by atoms with Gasteiger partial charge in [0.1, 0.15) is 6.61 Å². The van der Waals surface area contributed by atoms with Gasteiger partial charge in [0, 0.05) is 0 Å². The molecule has 1 saturated heterocycles. The summed E-state index contributed by atoms with van der Waals surface area (Å²) in [7, 11) is 0. The van der Waals surface area contributed by atoms with Gasteiger partial charge in [0.25, 0.3) is 0 Å². The minimum absolute atomic E-state index is 0.0191. The van der Waals surface area contributed by atoms with Gasteiger partial charge in [0.15, 0.2) is 0 Å². The summed E-state index contributed by atoms with van der Waals surface area (Å²) in [6.07, 6.45) is 2.68. The lowest BCUT2D eigenvalue weighted by molar-refractivity contribution is 0.144. The van der Waals surface area contributed by atoms with Crippen molar-refractivity contribution in [3.63, 3.8) is 0 Å². The first-order valence-corrected chi connectivity index (χ1v) is 4.66. The largest absolute Gasteiger partial charge is 0.448 e. The minimum Gasteiger partial charge on any atom is -0.448 e. The van der Waals surface area contributed by atoms with Crippen molar-refractivity contribution in [2.24, 2.45) is 5.92 Å². The first-order valence-electron chi connectivity index (χ1n) is 4.66. The molecule has 70 valence electrons. The smallest absolute Gasteiger partial charge is 0.410 e. The summed E-state index contributed by atoms with van der Waals surface area (Å²) in [4.78, 5) is 12.9. The first-order chi connectivity index (χ1) is 6.33. The Labute approximate surface area is 77.1 Å². The van der Waals surface area contributed by atoms with Crippen molar-refractivity contribution in [3.05, 3.63) is 0 Å². The number of carbonyl (C=O) groups excluding carboxylic acids is 1. The monoisotopic (exact) mass is 180 g/mol. The quantitative estimate of drug-likeness (QED) is 0.607. The van der Waals surface area contributed by atoms with Crippen LogP contribution in [0.4, 0.5) is 4.79 Å². The predicted molar refractivity (Wildman–Crippen MR) is 44.8 cm³/mol. The molecule has 0 aromatic heterocycles. The summed E-state index contributed by atoms with van der Waals surface area (Å²) in [6, 6.07) is 2.37. The second-order valence-electron chi connectivity index (χ2n) is 3.54. The van der Waals surface area contributed by atoms with E-state index >= 15 is 0 Å². The lowest BCUT2D eigenvalue weighted by atomic mass is 10.0. The molecule has 1 aliphatic heterocycles. The molecule has 2 unspecified atom stereocenters. The molecule has 1 saturated carbocycles. The van der Waals surface area contributed by atoms with E-state index in [2.05, 4.69) is 6.07 Å². The number of rotatable bonds is 1. The molecular formula is C9H12N2O2. The number of carbonyl (C=O) groups is 1. The summed E-state index contributed by atoms with van der Waals surface area (Å²) in [5, 5.41) is 8.85. The van der Waals surface area contributed by atoms with Gasteiger partial charge in [-0.05, 0) is 19.3 Å². The summed E-state index contributed by atoms with van der Waals surface area (Å²) in [6.45, 7) is 1.13. The van der Waals surface area contributed by atoms with E-state index in [1.807, 2.05) is 0 Å². The van der Waals surface area contributed by atoms with Crippen LogP contribution in [0.3, 0.4) is 0 Å². The Morgan fingerprint density at radius 3 is 3.00 bits per heavy atom. The van der Waals surface area contributed by atoms with E-state index in [1.54, 1.807) is 4.90 Å². The zero-order chi connectivity index (χ0) is 9.26. The van der Waals surface area contributed by atoms with Gasteiger partial charge in [-0.2, -0.15) is 5.26 Å². The molecule has 2 aliphatic rings. The predicted octanol–water partition coefficient (Wildman–Crippen LogP) is 1.13. The van der Waals surface area contributed by atoms with Gasteiger partial charge in [-0.25, -0.2) is 4.79 Å². The highest BCUT2D eigenvalue weighted by atomic mass is 16.6. The Balaban J connectivity index is 2.07. The average molecular weight is 180 g/mol. The molecule has 0 spiro atoms. The first kappa shape index (κ1) is 8.36. The van der Waals surface area contributed by atoms with E-state index in [9.17, 15) is 4.79 Å². The number of amides is 1. The van der Waals surface area contributed by atoms with Crippen LogP contribution in [0.1, 0.15) is 19.3 Å². The summed E-state index contributed by atoms with van der Waals surface area (Å²) in [5.41, 5.74) is 0. The van der Waals surface area contributed by atoms with E-state index in [4.69, 9.17) is 10.00 Å². The van der Waals surface area contributed by atoms with E-state index < -0.39 is 0 Å². The van der Waals surface area contributed by atoms with Crippen LogP contribution in [0.5, 0.6) is 0 Å². The molecule has 2 atom stereocenters. The van der Waals surface area contributed by atoms with Gasteiger partial charge in [-0.15, -0.1) is 0 Å². The normalized spacial score (nSPS) is 33.2. The standard InChI is InChI=1S/C9H12N2O2/c10-6-7-2-1-3-8(7)11-4-5-13-9(11)12/h7-8H,1-5H2. The van der Waals surface area contributed by atoms with Crippen LogP contribution >= 0.6 is 0 Å². The Morgan fingerprint density at radius 2 is 2.38 bits per heavy atom. The Kier molecular flexibility index (Phi) is 2.09. The van der Waals surface area contributed by atoms with Gasteiger partial charge >= 0.3 is 6.09 Å². The fourth-order valence-corrected chi connectivity index (χ4v) is 2.17. The number of hydrogen-bond donors (Lipinski definition) is 0. The third-order valence-electron chi connectivity index (χ3n) is 2.84. The molecule has 0 aromatic rings. The van der Waals surface area contributed by atoms with Crippen molar-refractivity contribution >= 4 is 6.09 Å². The molecule has 1 amide bonds. The summed E-state index contributed by atoms with van der Waals surface area (Å²) in [5.74, 6) is 0.0191. The van der Waals surface area contributed by atoms with Crippen molar-refractivity contribution in [1.29, 1.82) is 5.26 Å². The maximum Gasteiger partial charge on any atom is 0.410 e. The van der Waals surface area contributed by atoms with Crippen LogP contribution in [-0.2, 0) is 4.74 Å². The number of hydrogen-bond acceptors (Lipinski definition) is 3. The molecule has 13 heavy (non-hydrogen) atoms. The van der Waals surface area contributed by atoms with Crippen LogP contribution in [0, 0.1) is 17.2 Å². The number of cyclic esters (lactones) is 1. The zero-order valence-electron chi connectivity index (χ0n) is 7.40. The van der Waals surface area contributed by atoms with Crippen LogP contribution < -0.4 is 0 Å². The molecule has 1 heterocycles. The third kappa shape index (κ3) is 1.35. The second-order valence-corrected chi connectivity index (χ2v) is 3.54. The maximum absolute atomic E-state index is 11.2. The average Bonchev–Trinajstić information content (AvgIpc) is 2.71. The lowest BCUT2D eigenvalue weighted by Crippen LogP contribution is -2.37. The van der Waals surface area contributed by atoms with Crippen LogP contribution in [0.2, 0.25) is 0 Å². The molecule has 4 heteroatoms. The number of nitriles is 1. The molecule has 2 fully saturated rings. The van der Waals surface area contributed by atoms with Gasteiger partial charge in [0.05, 0.1) is 24.6 Å².